The molecule has 35 heavy (non-hydrogen) atoms. The van der Waals surface area contributed by atoms with Crippen LogP contribution in [0.25, 0.3) is 22.4 Å². The summed E-state index contributed by atoms with van der Waals surface area (Å²) in [5, 5.41) is 19.1. The van der Waals surface area contributed by atoms with E-state index in [0.29, 0.717) is 5.95 Å². The van der Waals surface area contributed by atoms with Gasteiger partial charge >= 0.3 is 18.1 Å². The van der Waals surface area contributed by atoms with Crippen LogP contribution in [0.2, 0.25) is 0 Å². The van der Waals surface area contributed by atoms with Gasteiger partial charge in [-0.15, -0.1) is 0 Å². The minimum atomic E-state index is -5.08. The van der Waals surface area contributed by atoms with Crippen LogP contribution in [0.1, 0.15) is 32.1 Å². The standard InChI is InChI=1S/C23H25N3O2.C2HF3O2/c27-21(28)15-9-1-2-10-16-24-23-25-17-20(18-11-5-3-6-12-18)22(26-23)19-13-7-4-8-14-19;3-2(4,5)1(6)7/h3-8,11-14,17H,1-2,9-10,15-16H2,(H,27,28)(H,24,25,26);(H,6,7). The van der Waals surface area contributed by atoms with Crippen molar-refractivity contribution in [1.82, 2.24) is 9.97 Å². The Morgan fingerprint density at radius 2 is 1.37 bits per heavy atom. The van der Waals surface area contributed by atoms with Crippen LogP contribution in [0, 0.1) is 0 Å². The molecule has 0 saturated heterocycles. The second-order valence-electron chi connectivity index (χ2n) is 7.48. The molecule has 7 nitrogen and oxygen atoms in total. The fourth-order valence-electron chi connectivity index (χ4n) is 3.07. The lowest BCUT2D eigenvalue weighted by atomic mass is 10.0. The Morgan fingerprint density at radius 1 is 0.829 bits per heavy atom. The summed E-state index contributed by atoms with van der Waals surface area (Å²) in [7, 11) is 0. The molecule has 3 aromatic rings. The predicted molar refractivity (Wildman–Crippen MR) is 126 cm³/mol. The molecule has 0 amide bonds. The molecule has 0 radical (unpaired) electrons. The fourth-order valence-corrected chi connectivity index (χ4v) is 3.07. The molecule has 3 rings (SSSR count). The van der Waals surface area contributed by atoms with Crippen LogP contribution in [0.15, 0.2) is 66.9 Å². The molecule has 0 fully saturated rings. The maximum atomic E-state index is 10.6. The van der Waals surface area contributed by atoms with E-state index in [1.165, 1.54) is 0 Å². The molecule has 0 spiro atoms. The van der Waals surface area contributed by atoms with Gasteiger partial charge < -0.3 is 15.5 Å². The van der Waals surface area contributed by atoms with E-state index in [1.807, 2.05) is 42.6 Å². The van der Waals surface area contributed by atoms with Crippen LogP contribution in [0.5, 0.6) is 0 Å². The first-order valence-corrected chi connectivity index (χ1v) is 10.9. The molecular formula is C25H26F3N3O4. The SMILES string of the molecule is O=C(O)C(F)(F)F.O=C(O)CCCCCCNc1ncc(-c2ccccc2)c(-c2ccccc2)n1. The van der Waals surface area contributed by atoms with Crippen molar-refractivity contribution in [2.75, 3.05) is 11.9 Å². The fraction of sp³-hybridized carbons (Fsp3) is 0.280. The molecule has 0 bridgehead atoms. The summed E-state index contributed by atoms with van der Waals surface area (Å²) >= 11 is 0. The summed E-state index contributed by atoms with van der Waals surface area (Å²) in [6.07, 6.45) is 0.655. The summed E-state index contributed by atoms with van der Waals surface area (Å²) in [5.74, 6) is -2.87. The molecule has 3 N–H and O–H groups in total. The summed E-state index contributed by atoms with van der Waals surface area (Å²) in [5.41, 5.74) is 4.06. The number of halogens is 3. The van der Waals surface area contributed by atoms with Gasteiger partial charge in [-0.05, 0) is 18.4 Å². The highest BCUT2D eigenvalue weighted by Crippen LogP contribution is 2.30. The lowest BCUT2D eigenvalue weighted by Gasteiger charge is -2.12. The molecule has 1 aromatic heterocycles. The van der Waals surface area contributed by atoms with Crippen molar-refractivity contribution in [3.05, 3.63) is 66.9 Å². The van der Waals surface area contributed by atoms with Gasteiger partial charge in [0, 0.05) is 30.3 Å². The van der Waals surface area contributed by atoms with Gasteiger partial charge in [0.2, 0.25) is 5.95 Å². The van der Waals surface area contributed by atoms with Gasteiger partial charge in [0.15, 0.2) is 0 Å². The number of nitrogens with one attached hydrogen (secondary N) is 1. The van der Waals surface area contributed by atoms with E-state index in [0.717, 1.165) is 54.6 Å². The first-order valence-electron chi connectivity index (χ1n) is 10.9. The number of carbonyl (C=O) groups is 2. The number of benzene rings is 2. The van der Waals surface area contributed by atoms with E-state index in [1.54, 1.807) is 0 Å². The Hall–Kier alpha value is -3.95. The third kappa shape index (κ3) is 9.83. The first-order chi connectivity index (χ1) is 16.7. The Labute approximate surface area is 200 Å². The third-order valence-electron chi connectivity index (χ3n) is 4.76. The zero-order chi connectivity index (χ0) is 25.7. The van der Waals surface area contributed by atoms with Gasteiger partial charge in [0.05, 0.1) is 5.69 Å². The van der Waals surface area contributed by atoms with Gasteiger partial charge in [-0.1, -0.05) is 73.5 Å². The summed E-state index contributed by atoms with van der Waals surface area (Å²) in [6.45, 7) is 0.770. The Balaban J connectivity index is 0.000000540. The Bertz CT molecular complexity index is 1080. The largest absolute Gasteiger partial charge is 0.490 e. The van der Waals surface area contributed by atoms with Crippen molar-refractivity contribution in [3.63, 3.8) is 0 Å². The van der Waals surface area contributed by atoms with Crippen molar-refractivity contribution in [2.24, 2.45) is 0 Å². The number of anilines is 1. The zero-order valence-electron chi connectivity index (χ0n) is 18.8. The Kier molecular flexibility index (Phi) is 10.7. The molecule has 10 heteroatoms. The van der Waals surface area contributed by atoms with Crippen molar-refractivity contribution < 1.29 is 33.0 Å². The number of hydrogen-bond donors (Lipinski definition) is 3. The molecule has 0 aliphatic carbocycles. The number of nitrogens with zero attached hydrogens (tertiary/aromatic N) is 2. The van der Waals surface area contributed by atoms with E-state index >= 15 is 0 Å². The van der Waals surface area contributed by atoms with E-state index in [-0.39, 0.29) is 6.42 Å². The second-order valence-corrected chi connectivity index (χ2v) is 7.48. The molecular weight excluding hydrogens is 463 g/mol. The third-order valence-corrected chi connectivity index (χ3v) is 4.76. The van der Waals surface area contributed by atoms with Crippen LogP contribution in [-0.4, -0.2) is 44.8 Å². The average molecular weight is 489 g/mol. The van der Waals surface area contributed by atoms with Crippen LogP contribution < -0.4 is 5.32 Å². The monoisotopic (exact) mass is 489 g/mol. The molecule has 186 valence electrons. The van der Waals surface area contributed by atoms with Gasteiger partial charge in [0.25, 0.3) is 0 Å². The average Bonchev–Trinajstić information content (AvgIpc) is 2.84. The quantitative estimate of drug-likeness (QED) is 0.304. The molecule has 0 aliphatic rings. The number of carboxylic acids is 2. The van der Waals surface area contributed by atoms with Gasteiger partial charge in [-0.3, -0.25) is 4.79 Å². The number of rotatable bonds is 10. The van der Waals surface area contributed by atoms with E-state index in [2.05, 4.69) is 34.6 Å². The molecule has 1 heterocycles. The van der Waals surface area contributed by atoms with Crippen molar-refractivity contribution in [2.45, 2.75) is 38.3 Å². The van der Waals surface area contributed by atoms with Crippen molar-refractivity contribution in [3.8, 4) is 22.4 Å². The summed E-state index contributed by atoms with van der Waals surface area (Å²) in [4.78, 5) is 28.7. The zero-order valence-corrected chi connectivity index (χ0v) is 18.8. The molecule has 0 saturated carbocycles. The lowest BCUT2D eigenvalue weighted by molar-refractivity contribution is -0.192. The minimum Gasteiger partial charge on any atom is -0.481 e. The van der Waals surface area contributed by atoms with Crippen LogP contribution in [0.4, 0.5) is 19.1 Å². The molecule has 0 aliphatic heterocycles. The van der Waals surface area contributed by atoms with Gasteiger partial charge in [-0.25, -0.2) is 14.8 Å². The van der Waals surface area contributed by atoms with E-state index in [9.17, 15) is 18.0 Å². The van der Waals surface area contributed by atoms with Crippen LogP contribution in [-0.2, 0) is 9.59 Å². The van der Waals surface area contributed by atoms with Gasteiger partial charge in [0.1, 0.15) is 0 Å². The minimum absolute atomic E-state index is 0.248. The molecule has 0 unspecified atom stereocenters. The van der Waals surface area contributed by atoms with Gasteiger partial charge in [-0.2, -0.15) is 13.2 Å². The molecule has 0 atom stereocenters. The summed E-state index contributed by atoms with van der Waals surface area (Å²) in [6, 6.07) is 20.3. The van der Waals surface area contributed by atoms with Crippen molar-refractivity contribution in [1.29, 1.82) is 0 Å². The maximum absolute atomic E-state index is 10.6. The number of carboxylic acid groups (broad SMARTS) is 2. The van der Waals surface area contributed by atoms with E-state index in [4.69, 9.17) is 20.0 Å². The lowest BCUT2D eigenvalue weighted by Crippen LogP contribution is -2.21. The topological polar surface area (TPSA) is 112 Å². The van der Waals surface area contributed by atoms with Crippen LogP contribution in [0.3, 0.4) is 0 Å². The van der Waals surface area contributed by atoms with Crippen molar-refractivity contribution >= 4 is 17.9 Å². The number of hydrogen-bond acceptors (Lipinski definition) is 5. The number of aromatic nitrogens is 2. The Morgan fingerprint density at radius 3 is 1.91 bits per heavy atom. The smallest absolute Gasteiger partial charge is 0.481 e. The highest BCUT2D eigenvalue weighted by atomic mass is 19.4. The maximum Gasteiger partial charge on any atom is 0.490 e. The predicted octanol–water partition coefficient (Wildman–Crippen LogP) is 5.89. The second kappa shape index (κ2) is 13.7. The number of aliphatic carboxylic acids is 2. The molecule has 2 aromatic carbocycles. The highest BCUT2D eigenvalue weighted by molar-refractivity contribution is 5.80. The highest BCUT2D eigenvalue weighted by Gasteiger charge is 2.38. The number of unbranched alkanes of at least 4 members (excludes halogenated alkanes) is 3. The summed E-state index contributed by atoms with van der Waals surface area (Å²) < 4.78 is 31.7. The normalized spacial score (nSPS) is 10.7. The van der Waals surface area contributed by atoms with Crippen LogP contribution >= 0.6 is 0 Å². The first kappa shape index (κ1) is 27.3. The number of alkyl halides is 3. The van der Waals surface area contributed by atoms with E-state index < -0.39 is 18.1 Å².